The van der Waals surface area contributed by atoms with Crippen molar-refractivity contribution in [3.05, 3.63) is 59.4 Å². The van der Waals surface area contributed by atoms with Crippen LogP contribution in [0, 0.1) is 19.7 Å². The van der Waals surface area contributed by atoms with E-state index in [2.05, 4.69) is 5.32 Å². The molecule has 0 saturated heterocycles. The van der Waals surface area contributed by atoms with Gasteiger partial charge >= 0.3 is 0 Å². The van der Waals surface area contributed by atoms with Gasteiger partial charge in [-0.25, -0.2) is 4.39 Å². The molecule has 1 amide bonds. The number of anilines is 1. The molecule has 0 spiro atoms. The van der Waals surface area contributed by atoms with Crippen LogP contribution < -0.4 is 10.1 Å². The number of amides is 1. The van der Waals surface area contributed by atoms with Gasteiger partial charge in [0, 0.05) is 0 Å². The summed E-state index contributed by atoms with van der Waals surface area (Å²) in [4.78, 5) is 12.1. The number of carbonyl (C=O) groups is 1. The summed E-state index contributed by atoms with van der Waals surface area (Å²) in [7, 11) is 0. The maximum absolute atomic E-state index is 13.5. The number of carbonyl (C=O) groups excluding carboxylic acids is 1. The third-order valence-electron chi connectivity index (χ3n) is 3.20. The molecule has 0 bridgehead atoms. The SMILES string of the molecule is Cc1cccc(C)c1O[C@@H](C)C(=O)Nc1ccccc1F. The number of para-hydroxylation sites is 2. The minimum atomic E-state index is -0.718. The zero-order valence-electron chi connectivity index (χ0n) is 12.3. The quantitative estimate of drug-likeness (QED) is 0.927. The Balaban J connectivity index is 2.08. The van der Waals surface area contributed by atoms with Crippen LogP contribution in [0.25, 0.3) is 0 Å². The van der Waals surface area contributed by atoms with Gasteiger partial charge in [-0.3, -0.25) is 4.79 Å². The summed E-state index contributed by atoms with van der Waals surface area (Å²) in [5.41, 5.74) is 2.07. The molecule has 0 saturated carbocycles. The third-order valence-corrected chi connectivity index (χ3v) is 3.20. The molecule has 3 nitrogen and oxygen atoms in total. The predicted molar refractivity (Wildman–Crippen MR) is 81.0 cm³/mol. The van der Waals surface area contributed by atoms with E-state index in [0.717, 1.165) is 11.1 Å². The number of ether oxygens (including phenoxy) is 1. The molecule has 2 aromatic rings. The Morgan fingerprint density at radius 2 is 1.71 bits per heavy atom. The number of nitrogens with one attached hydrogen (secondary N) is 1. The van der Waals surface area contributed by atoms with Crippen molar-refractivity contribution in [3.63, 3.8) is 0 Å². The Morgan fingerprint density at radius 1 is 1.10 bits per heavy atom. The van der Waals surface area contributed by atoms with Gasteiger partial charge in [0.2, 0.25) is 0 Å². The Hall–Kier alpha value is -2.36. The smallest absolute Gasteiger partial charge is 0.265 e. The second-order valence-electron chi connectivity index (χ2n) is 4.95. The van der Waals surface area contributed by atoms with Crippen LogP contribution in [0.1, 0.15) is 18.1 Å². The molecule has 110 valence electrons. The Bertz CT molecular complexity index is 635. The van der Waals surface area contributed by atoms with E-state index in [4.69, 9.17) is 4.74 Å². The highest BCUT2D eigenvalue weighted by Crippen LogP contribution is 2.24. The predicted octanol–water partition coefficient (Wildman–Crippen LogP) is 3.85. The molecule has 0 aromatic heterocycles. The van der Waals surface area contributed by atoms with Crippen molar-refractivity contribution in [3.8, 4) is 5.75 Å². The van der Waals surface area contributed by atoms with Crippen LogP contribution in [-0.4, -0.2) is 12.0 Å². The van der Waals surface area contributed by atoms with Gasteiger partial charge < -0.3 is 10.1 Å². The van der Waals surface area contributed by atoms with Gasteiger partial charge in [-0.2, -0.15) is 0 Å². The molecular weight excluding hydrogens is 269 g/mol. The van der Waals surface area contributed by atoms with Crippen molar-refractivity contribution in [2.75, 3.05) is 5.32 Å². The molecule has 0 heterocycles. The van der Waals surface area contributed by atoms with Crippen LogP contribution in [0.2, 0.25) is 0 Å². The van der Waals surface area contributed by atoms with E-state index in [9.17, 15) is 9.18 Å². The highest BCUT2D eigenvalue weighted by Gasteiger charge is 2.18. The molecule has 2 aromatic carbocycles. The molecule has 0 unspecified atom stereocenters. The molecule has 0 fully saturated rings. The first kappa shape index (κ1) is 15.0. The van der Waals surface area contributed by atoms with Gasteiger partial charge in [0.15, 0.2) is 6.10 Å². The number of benzene rings is 2. The van der Waals surface area contributed by atoms with E-state index in [-0.39, 0.29) is 11.6 Å². The second-order valence-corrected chi connectivity index (χ2v) is 4.95. The van der Waals surface area contributed by atoms with Crippen LogP contribution >= 0.6 is 0 Å². The van der Waals surface area contributed by atoms with Crippen LogP contribution in [0.4, 0.5) is 10.1 Å². The lowest BCUT2D eigenvalue weighted by molar-refractivity contribution is -0.122. The monoisotopic (exact) mass is 287 g/mol. The minimum Gasteiger partial charge on any atom is -0.480 e. The average molecular weight is 287 g/mol. The van der Waals surface area contributed by atoms with Crippen molar-refractivity contribution in [2.24, 2.45) is 0 Å². The molecule has 2 rings (SSSR count). The van der Waals surface area contributed by atoms with Crippen LogP contribution in [0.3, 0.4) is 0 Å². The highest BCUT2D eigenvalue weighted by molar-refractivity contribution is 5.94. The van der Waals surface area contributed by atoms with Crippen LogP contribution in [-0.2, 0) is 4.79 Å². The molecule has 0 aliphatic carbocycles. The first-order valence-corrected chi connectivity index (χ1v) is 6.77. The second kappa shape index (κ2) is 6.39. The van der Waals surface area contributed by atoms with E-state index in [1.54, 1.807) is 19.1 Å². The summed E-state index contributed by atoms with van der Waals surface area (Å²) in [5, 5.41) is 2.53. The largest absolute Gasteiger partial charge is 0.480 e. The molecule has 21 heavy (non-hydrogen) atoms. The molecule has 0 aliphatic heterocycles. The molecular formula is C17H18FNO2. The third kappa shape index (κ3) is 3.60. The van der Waals surface area contributed by atoms with Gasteiger partial charge in [0.25, 0.3) is 5.91 Å². The lowest BCUT2D eigenvalue weighted by Gasteiger charge is -2.18. The number of hydrogen-bond acceptors (Lipinski definition) is 2. The Kier molecular flexibility index (Phi) is 4.58. The average Bonchev–Trinajstić information content (AvgIpc) is 2.45. The fourth-order valence-electron chi connectivity index (χ4n) is 2.01. The molecule has 0 radical (unpaired) electrons. The summed E-state index contributed by atoms with van der Waals surface area (Å²) < 4.78 is 19.2. The standard InChI is InChI=1S/C17H18FNO2/c1-11-7-6-8-12(2)16(11)21-13(3)17(20)19-15-10-5-4-9-14(15)18/h4-10,13H,1-3H3,(H,19,20)/t13-/m0/s1. The maximum atomic E-state index is 13.5. The van der Waals surface area contributed by atoms with Crippen molar-refractivity contribution in [2.45, 2.75) is 26.9 Å². The summed E-state index contributed by atoms with van der Waals surface area (Å²) in [6.07, 6.45) is -0.718. The van der Waals surface area contributed by atoms with Gasteiger partial charge in [-0.05, 0) is 44.0 Å². The van der Waals surface area contributed by atoms with Crippen molar-refractivity contribution in [1.82, 2.24) is 0 Å². The van der Waals surface area contributed by atoms with E-state index < -0.39 is 11.9 Å². The van der Waals surface area contributed by atoms with Crippen molar-refractivity contribution < 1.29 is 13.9 Å². The van der Waals surface area contributed by atoms with Gasteiger partial charge in [-0.1, -0.05) is 30.3 Å². The van der Waals surface area contributed by atoms with Crippen molar-refractivity contribution in [1.29, 1.82) is 0 Å². The lowest BCUT2D eigenvalue weighted by Crippen LogP contribution is -2.30. The topological polar surface area (TPSA) is 38.3 Å². The normalized spacial score (nSPS) is 11.8. The fraction of sp³-hybridized carbons (Fsp3) is 0.235. The molecule has 1 atom stereocenters. The number of aryl methyl sites for hydroxylation is 2. The summed E-state index contributed by atoms with van der Waals surface area (Å²) in [6, 6.07) is 11.8. The first-order valence-electron chi connectivity index (χ1n) is 6.77. The maximum Gasteiger partial charge on any atom is 0.265 e. The van der Waals surface area contributed by atoms with E-state index in [1.807, 2.05) is 32.0 Å². The first-order chi connectivity index (χ1) is 9.99. The summed E-state index contributed by atoms with van der Waals surface area (Å²) >= 11 is 0. The van der Waals surface area contributed by atoms with Crippen molar-refractivity contribution >= 4 is 11.6 Å². The van der Waals surface area contributed by atoms with Crippen LogP contribution in [0.5, 0.6) is 5.75 Å². The van der Waals surface area contributed by atoms with E-state index >= 15 is 0 Å². The Morgan fingerprint density at radius 3 is 2.33 bits per heavy atom. The minimum absolute atomic E-state index is 0.152. The van der Waals surface area contributed by atoms with E-state index in [0.29, 0.717) is 5.75 Å². The highest BCUT2D eigenvalue weighted by atomic mass is 19.1. The fourth-order valence-corrected chi connectivity index (χ4v) is 2.01. The van der Waals surface area contributed by atoms with Crippen LogP contribution in [0.15, 0.2) is 42.5 Å². The number of hydrogen-bond donors (Lipinski definition) is 1. The summed E-state index contributed by atoms with van der Waals surface area (Å²) in [5.74, 6) is -0.165. The Labute approximate surface area is 123 Å². The lowest BCUT2D eigenvalue weighted by atomic mass is 10.1. The van der Waals surface area contributed by atoms with Gasteiger partial charge in [0.05, 0.1) is 5.69 Å². The number of rotatable bonds is 4. The van der Waals surface area contributed by atoms with Gasteiger partial charge in [0.1, 0.15) is 11.6 Å². The molecule has 4 heteroatoms. The zero-order valence-corrected chi connectivity index (χ0v) is 12.3. The zero-order chi connectivity index (χ0) is 15.4. The molecule has 1 N–H and O–H groups in total. The summed E-state index contributed by atoms with van der Waals surface area (Å²) in [6.45, 7) is 5.48. The van der Waals surface area contributed by atoms with Gasteiger partial charge in [-0.15, -0.1) is 0 Å². The number of halogens is 1. The molecule has 0 aliphatic rings. The van der Waals surface area contributed by atoms with E-state index in [1.165, 1.54) is 12.1 Å².